The predicted molar refractivity (Wildman–Crippen MR) is 81.4 cm³/mol. The number of rotatable bonds is 4. The Labute approximate surface area is 129 Å². The number of urea groups is 1. The molecule has 1 aliphatic heterocycles. The van der Waals surface area contributed by atoms with Crippen LogP contribution in [0.25, 0.3) is 0 Å². The predicted octanol–water partition coefficient (Wildman–Crippen LogP) is 2.19. The zero-order chi connectivity index (χ0) is 15.4. The first-order valence-corrected chi connectivity index (χ1v) is 7.42. The molecule has 1 heterocycles. The highest BCUT2D eigenvalue weighted by Gasteiger charge is 2.31. The van der Waals surface area contributed by atoms with Crippen LogP contribution in [0.2, 0.25) is 5.02 Å². The standard InChI is InChI=1S/C15H21ClN2O3/c1-10(19)9-18(2)15(20)17-13-7-8-21-14(13)11-3-5-12(16)6-4-11/h3-6,10,13-14,19H,7-9H2,1-2H3,(H,17,20). The molecular weight excluding hydrogens is 292 g/mol. The van der Waals surface area contributed by atoms with Gasteiger partial charge in [0.1, 0.15) is 6.10 Å². The van der Waals surface area contributed by atoms with E-state index in [1.807, 2.05) is 24.3 Å². The topological polar surface area (TPSA) is 61.8 Å². The molecule has 0 saturated carbocycles. The molecule has 21 heavy (non-hydrogen) atoms. The van der Waals surface area contributed by atoms with Crippen LogP contribution in [0, 0.1) is 0 Å². The van der Waals surface area contributed by atoms with E-state index < -0.39 is 6.10 Å². The van der Waals surface area contributed by atoms with Crippen molar-refractivity contribution in [2.75, 3.05) is 20.2 Å². The summed E-state index contributed by atoms with van der Waals surface area (Å²) in [6, 6.07) is 7.18. The van der Waals surface area contributed by atoms with Crippen molar-refractivity contribution in [3.63, 3.8) is 0 Å². The molecule has 3 atom stereocenters. The number of hydrogen-bond acceptors (Lipinski definition) is 3. The number of aliphatic hydroxyl groups excluding tert-OH is 1. The van der Waals surface area contributed by atoms with E-state index >= 15 is 0 Å². The van der Waals surface area contributed by atoms with Crippen LogP contribution in [0.1, 0.15) is 25.0 Å². The van der Waals surface area contributed by atoms with Crippen LogP contribution in [0.4, 0.5) is 4.79 Å². The van der Waals surface area contributed by atoms with Crippen molar-refractivity contribution < 1.29 is 14.6 Å². The maximum atomic E-state index is 12.1. The zero-order valence-corrected chi connectivity index (χ0v) is 13.0. The molecule has 0 aliphatic carbocycles. The molecular formula is C15H21ClN2O3. The Balaban J connectivity index is 1.99. The van der Waals surface area contributed by atoms with Crippen LogP contribution >= 0.6 is 11.6 Å². The second-order valence-corrected chi connectivity index (χ2v) is 5.85. The largest absolute Gasteiger partial charge is 0.392 e. The van der Waals surface area contributed by atoms with Gasteiger partial charge < -0.3 is 20.1 Å². The summed E-state index contributed by atoms with van der Waals surface area (Å²) in [7, 11) is 1.66. The lowest BCUT2D eigenvalue weighted by molar-refractivity contribution is 0.0968. The normalized spacial score (nSPS) is 22.9. The van der Waals surface area contributed by atoms with E-state index in [4.69, 9.17) is 16.3 Å². The summed E-state index contributed by atoms with van der Waals surface area (Å²) < 4.78 is 5.73. The van der Waals surface area contributed by atoms with Gasteiger partial charge in [-0.1, -0.05) is 23.7 Å². The summed E-state index contributed by atoms with van der Waals surface area (Å²) in [4.78, 5) is 13.6. The second kappa shape index (κ2) is 7.11. The minimum absolute atomic E-state index is 0.0740. The SMILES string of the molecule is CC(O)CN(C)C(=O)NC1CCOC1c1ccc(Cl)cc1. The summed E-state index contributed by atoms with van der Waals surface area (Å²) in [5.74, 6) is 0. The molecule has 0 radical (unpaired) electrons. The fraction of sp³-hybridized carbons (Fsp3) is 0.533. The maximum Gasteiger partial charge on any atom is 0.317 e. The van der Waals surface area contributed by atoms with Crippen LogP contribution in [-0.2, 0) is 4.74 Å². The highest BCUT2D eigenvalue weighted by molar-refractivity contribution is 6.30. The minimum Gasteiger partial charge on any atom is -0.392 e. The van der Waals surface area contributed by atoms with E-state index in [0.717, 1.165) is 12.0 Å². The molecule has 2 amide bonds. The van der Waals surface area contributed by atoms with Gasteiger partial charge >= 0.3 is 6.03 Å². The van der Waals surface area contributed by atoms with Crippen molar-refractivity contribution in [3.05, 3.63) is 34.9 Å². The number of carbonyl (C=O) groups is 1. The fourth-order valence-electron chi connectivity index (χ4n) is 2.47. The number of amides is 2. The Morgan fingerprint density at radius 2 is 2.19 bits per heavy atom. The van der Waals surface area contributed by atoms with Gasteiger partial charge in [0.05, 0.1) is 12.1 Å². The first-order chi connectivity index (χ1) is 9.97. The Bertz CT molecular complexity index is 478. The fourth-order valence-corrected chi connectivity index (χ4v) is 2.59. The molecule has 2 rings (SSSR count). The second-order valence-electron chi connectivity index (χ2n) is 5.42. The highest BCUT2D eigenvalue weighted by Crippen LogP contribution is 2.30. The van der Waals surface area contributed by atoms with E-state index in [1.165, 1.54) is 4.90 Å². The number of carbonyl (C=O) groups excluding carboxylic acids is 1. The van der Waals surface area contributed by atoms with E-state index in [-0.39, 0.29) is 18.2 Å². The molecule has 0 spiro atoms. The quantitative estimate of drug-likeness (QED) is 0.896. The van der Waals surface area contributed by atoms with Crippen molar-refractivity contribution in [2.24, 2.45) is 0 Å². The lowest BCUT2D eigenvalue weighted by Gasteiger charge is -2.25. The number of benzene rings is 1. The van der Waals surface area contributed by atoms with Crippen molar-refractivity contribution in [2.45, 2.75) is 31.6 Å². The van der Waals surface area contributed by atoms with Crippen molar-refractivity contribution in [1.29, 1.82) is 0 Å². The highest BCUT2D eigenvalue weighted by atomic mass is 35.5. The van der Waals surface area contributed by atoms with Crippen molar-refractivity contribution >= 4 is 17.6 Å². The third-order valence-electron chi connectivity index (χ3n) is 3.48. The molecule has 0 aromatic heterocycles. The van der Waals surface area contributed by atoms with E-state index in [0.29, 0.717) is 18.2 Å². The zero-order valence-electron chi connectivity index (χ0n) is 12.3. The molecule has 1 aliphatic rings. The van der Waals surface area contributed by atoms with Crippen molar-refractivity contribution in [3.8, 4) is 0 Å². The average molecular weight is 313 g/mol. The first kappa shape index (κ1) is 16.1. The summed E-state index contributed by atoms with van der Waals surface area (Å²) in [6.07, 6.45) is 0.0560. The van der Waals surface area contributed by atoms with Crippen LogP contribution < -0.4 is 5.32 Å². The molecule has 6 heteroatoms. The third kappa shape index (κ3) is 4.33. The number of hydrogen-bond donors (Lipinski definition) is 2. The summed E-state index contributed by atoms with van der Waals surface area (Å²) >= 11 is 5.89. The van der Waals surface area contributed by atoms with Gasteiger partial charge in [0.15, 0.2) is 0 Å². The lowest BCUT2D eigenvalue weighted by Crippen LogP contribution is -2.46. The molecule has 1 saturated heterocycles. The number of likely N-dealkylation sites (N-methyl/N-ethyl adjacent to an activating group) is 1. The van der Waals surface area contributed by atoms with Crippen LogP contribution in [0.15, 0.2) is 24.3 Å². The monoisotopic (exact) mass is 312 g/mol. The average Bonchev–Trinajstić information content (AvgIpc) is 2.87. The van der Waals surface area contributed by atoms with Gasteiger partial charge in [0, 0.05) is 25.2 Å². The smallest absolute Gasteiger partial charge is 0.317 e. The number of nitrogens with zero attached hydrogens (tertiary/aromatic N) is 1. The minimum atomic E-state index is -0.548. The molecule has 0 bridgehead atoms. The number of ether oxygens (including phenoxy) is 1. The Hall–Kier alpha value is -1.30. The van der Waals surface area contributed by atoms with E-state index in [1.54, 1.807) is 14.0 Å². The molecule has 116 valence electrons. The van der Waals surface area contributed by atoms with Crippen LogP contribution in [0.3, 0.4) is 0 Å². The molecule has 3 unspecified atom stereocenters. The summed E-state index contributed by atoms with van der Waals surface area (Å²) in [5.41, 5.74) is 1.00. The Morgan fingerprint density at radius 1 is 1.52 bits per heavy atom. The molecule has 1 aromatic rings. The van der Waals surface area contributed by atoms with E-state index in [2.05, 4.69) is 5.32 Å². The molecule has 1 fully saturated rings. The van der Waals surface area contributed by atoms with Gasteiger partial charge in [0.2, 0.25) is 0 Å². The molecule has 2 N–H and O–H groups in total. The van der Waals surface area contributed by atoms with E-state index in [9.17, 15) is 9.90 Å². The Kier molecular flexibility index (Phi) is 5.45. The van der Waals surface area contributed by atoms with Crippen LogP contribution in [0.5, 0.6) is 0 Å². The maximum absolute atomic E-state index is 12.1. The summed E-state index contributed by atoms with van der Waals surface area (Å²) in [5, 5.41) is 13.0. The molecule has 1 aromatic carbocycles. The lowest BCUT2D eigenvalue weighted by atomic mass is 10.0. The summed E-state index contributed by atoms with van der Waals surface area (Å²) in [6.45, 7) is 2.56. The van der Waals surface area contributed by atoms with Gasteiger partial charge in [-0.15, -0.1) is 0 Å². The van der Waals surface area contributed by atoms with Gasteiger partial charge in [-0.05, 0) is 31.0 Å². The Morgan fingerprint density at radius 3 is 2.81 bits per heavy atom. The number of nitrogens with one attached hydrogen (secondary N) is 1. The third-order valence-corrected chi connectivity index (χ3v) is 3.74. The van der Waals surface area contributed by atoms with Gasteiger partial charge in [0.25, 0.3) is 0 Å². The number of halogens is 1. The van der Waals surface area contributed by atoms with Gasteiger partial charge in [-0.2, -0.15) is 0 Å². The number of aliphatic hydroxyl groups is 1. The molecule has 5 nitrogen and oxygen atoms in total. The first-order valence-electron chi connectivity index (χ1n) is 7.04. The van der Waals surface area contributed by atoms with Crippen LogP contribution in [-0.4, -0.2) is 48.4 Å². The van der Waals surface area contributed by atoms with Crippen molar-refractivity contribution in [1.82, 2.24) is 10.2 Å². The van der Waals surface area contributed by atoms with Gasteiger partial charge in [-0.25, -0.2) is 4.79 Å². The van der Waals surface area contributed by atoms with Gasteiger partial charge in [-0.3, -0.25) is 0 Å².